The van der Waals surface area contributed by atoms with Crippen LogP contribution in [-0.4, -0.2) is 18.0 Å². The molecule has 8 heteroatoms. The molecule has 124 valence electrons. The van der Waals surface area contributed by atoms with Crippen molar-refractivity contribution in [3.8, 4) is 5.69 Å². The molecular weight excluding hydrogens is 414 g/mol. The van der Waals surface area contributed by atoms with Crippen molar-refractivity contribution >= 4 is 37.6 Å². The number of halogens is 2. The predicted octanol–water partition coefficient (Wildman–Crippen LogP) is 3.77. The van der Waals surface area contributed by atoms with Crippen LogP contribution in [0.15, 0.2) is 70.3 Å². The molecule has 5 nitrogen and oxygen atoms in total. The normalized spacial score (nSPS) is 11.6. The number of nitrogens with zero attached hydrogens (tertiary/aromatic N) is 2. The predicted molar refractivity (Wildman–Crippen MR) is 96.7 cm³/mol. The van der Waals surface area contributed by atoms with Crippen molar-refractivity contribution in [2.45, 2.75) is 11.4 Å². The minimum absolute atomic E-state index is 0.0326. The molecule has 0 atom stereocenters. The average Bonchev–Trinajstić information content (AvgIpc) is 3.02. The minimum atomic E-state index is -3.74. The van der Waals surface area contributed by atoms with Gasteiger partial charge in [0, 0.05) is 22.6 Å². The summed E-state index contributed by atoms with van der Waals surface area (Å²) in [5, 5.41) is 0.156. The van der Waals surface area contributed by atoms with Gasteiger partial charge in [-0.05, 0) is 30.3 Å². The van der Waals surface area contributed by atoms with E-state index in [1.54, 1.807) is 24.5 Å². The standard InChI is InChI=1S/C16H13BrClN3O2S/c17-12-6-7-15(14(18)10-12)24(22,23)20-11-16-19-8-9-21(16)13-4-2-1-3-5-13/h1-10,20H,11H2. The van der Waals surface area contributed by atoms with Crippen LogP contribution in [0.1, 0.15) is 5.82 Å². The molecule has 24 heavy (non-hydrogen) atoms. The van der Waals surface area contributed by atoms with Crippen LogP contribution in [0, 0.1) is 0 Å². The largest absolute Gasteiger partial charge is 0.303 e. The van der Waals surface area contributed by atoms with Crippen LogP contribution in [0.4, 0.5) is 0 Å². The van der Waals surface area contributed by atoms with Gasteiger partial charge in [0.2, 0.25) is 10.0 Å². The SMILES string of the molecule is O=S(=O)(NCc1nccn1-c1ccccc1)c1ccc(Br)cc1Cl. The molecule has 0 aliphatic carbocycles. The Morgan fingerprint density at radius 1 is 1.17 bits per heavy atom. The van der Waals surface area contributed by atoms with Crippen molar-refractivity contribution in [2.24, 2.45) is 0 Å². The molecule has 1 heterocycles. The van der Waals surface area contributed by atoms with Crippen molar-refractivity contribution in [2.75, 3.05) is 0 Å². The second-order valence-corrected chi connectivity index (χ2v) is 8.01. The number of imidazole rings is 1. The third-order valence-corrected chi connectivity index (χ3v) is 5.73. The van der Waals surface area contributed by atoms with Crippen LogP contribution in [0.25, 0.3) is 5.69 Å². The van der Waals surface area contributed by atoms with Gasteiger partial charge in [0.05, 0.1) is 11.6 Å². The lowest BCUT2D eigenvalue weighted by molar-refractivity contribution is 0.578. The van der Waals surface area contributed by atoms with Gasteiger partial charge >= 0.3 is 0 Å². The van der Waals surface area contributed by atoms with Gasteiger partial charge in [-0.25, -0.2) is 18.1 Å². The van der Waals surface area contributed by atoms with Gasteiger partial charge in [0.15, 0.2) is 0 Å². The van der Waals surface area contributed by atoms with Gasteiger partial charge in [-0.1, -0.05) is 45.7 Å². The molecule has 2 aromatic carbocycles. The molecule has 3 rings (SSSR count). The fourth-order valence-corrected chi connectivity index (χ4v) is 4.23. The first-order chi connectivity index (χ1) is 11.5. The van der Waals surface area contributed by atoms with Crippen molar-refractivity contribution < 1.29 is 8.42 Å². The highest BCUT2D eigenvalue weighted by Crippen LogP contribution is 2.25. The lowest BCUT2D eigenvalue weighted by atomic mass is 10.3. The monoisotopic (exact) mass is 425 g/mol. The molecule has 0 saturated carbocycles. The summed E-state index contributed by atoms with van der Waals surface area (Å²) in [6.45, 7) is 0.0522. The van der Waals surface area contributed by atoms with Crippen LogP contribution in [0.3, 0.4) is 0 Å². The van der Waals surface area contributed by atoms with Crippen LogP contribution in [-0.2, 0) is 16.6 Å². The molecule has 0 aliphatic rings. The van der Waals surface area contributed by atoms with Gasteiger partial charge in [0.1, 0.15) is 10.7 Å². The number of nitrogens with one attached hydrogen (secondary N) is 1. The zero-order chi connectivity index (χ0) is 17.2. The first-order valence-electron chi connectivity index (χ1n) is 7.00. The summed E-state index contributed by atoms with van der Waals surface area (Å²) in [6, 6.07) is 14.2. The fourth-order valence-electron chi connectivity index (χ4n) is 2.22. The van der Waals surface area contributed by atoms with E-state index in [-0.39, 0.29) is 16.5 Å². The summed E-state index contributed by atoms with van der Waals surface area (Å²) in [4.78, 5) is 4.25. The summed E-state index contributed by atoms with van der Waals surface area (Å²) in [5.41, 5.74) is 0.908. The van der Waals surface area contributed by atoms with Gasteiger partial charge in [-0.15, -0.1) is 0 Å². The fraction of sp³-hybridized carbons (Fsp3) is 0.0625. The van der Waals surface area contributed by atoms with Crippen molar-refractivity contribution in [1.29, 1.82) is 0 Å². The summed E-state index contributed by atoms with van der Waals surface area (Å²) in [5.74, 6) is 0.581. The molecular formula is C16H13BrClN3O2S. The van der Waals surface area contributed by atoms with Gasteiger partial charge in [-0.2, -0.15) is 0 Å². The molecule has 0 unspecified atom stereocenters. The first-order valence-corrected chi connectivity index (χ1v) is 9.65. The van der Waals surface area contributed by atoms with Gasteiger partial charge < -0.3 is 4.57 Å². The molecule has 0 aliphatic heterocycles. The van der Waals surface area contributed by atoms with Crippen LogP contribution in [0.2, 0.25) is 5.02 Å². The average molecular weight is 427 g/mol. The maximum Gasteiger partial charge on any atom is 0.242 e. The van der Waals surface area contributed by atoms with E-state index in [4.69, 9.17) is 11.6 Å². The number of para-hydroxylation sites is 1. The van der Waals surface area contributed by atoms with E-state index < -0.39 is 10.0 Å². The number of sulfonamides is 1. The van der Waals surface area contributed by atoms with E-state index in [2.05, 4.69) is 25.6 Å². The Kier molecular flexibility index (Phi) is 5.05. The van der Waals surface area contributed by atoms with E-state index in [1.165, 1.54) is 6.07 Å². The van der Waals surface area contributed by atoms with Crippen LogP contribution in [0.5, 0.6) is 0 Å². The number of hydrogen-bond donors (Lipinski definition) is 1. The Hall–Kier alpha value is -1.67. The van der Waals surface area contributed by atoms with Gasteiger partial charge in [0.25, 0.3) is 0 Å². The van der Waals surface area contributed by atoms with Crippen LogP contribution < -0.4 is 4.72 Å². The highest BCUT2D eigenvalue weighted by atomic mass is 79.9. The number of aromatic nitrogens is 2. The topological polar surface area (TPSA) is 64.0 Å². The van der Waals surface area contributed by atoms with E-state index in [0.717, 1.165) is 5.69 Å². The third-order valence-electron chi connectivity index (χ3n) is 3.36. The van der Waals surface area contributed by atoms with E-state index in [1.807, 2.05) is 34.9 Å². The van der Waals surface area contributed by atoms with E-state index in [0.29, 0.717) is 10.3 Å². The molecule has 0 radical (unpaired) electrons. The zero-order valence-electron chi connectivity index (χ0n) is 12.4. The maximum absolute atomic E-state index is 12.5. The number of benzene rings is 2. The molecule has 1 aromatic heterocycles. The second-order valence-electron chi connectivity index (χ2n) is 4.95. The zero-order valence-corrected chi connectivity index (χ0v) is 15.5. The Bertz CT molecular complexity index is 958. The summed E-state index contributed by atoms with van der Waals surface area (Å²) in [7, 11) is -3.74. The lowest BCUT2D eigenvalue weighted by Gasteiger charge is -2.10. The summed E-state index contributed by atoms with van der Waals surface area (Å²) >= 11 is 9.29. The first kappa shape index (κ1) is 17.2. The van der Waals surface area contributed by atoms with Crippen LogP contribution >= 0.6 is 27.5 Å². The molecule has 1 N–H and O–H groups in total. The number of hydrogen-bond acceptors (Lipinski definition) is 3. The third kappa shape index (κ3) is 3.70. The second kappa shape index (κ2) is 7.06. The molecule has 0 spiro atoms. The van der Waals surface area contributed by atoms with Gasteiger partial charge in [-0.3, -0.25) is 0 Å². The number of rotatable bonds is 5. The minimum Gasteiger partial charge on any atom is -0.303 e. The highest BCUT2D eigenvalue weighted by molar-refractivity contribution is 9.10. The molecule has 0 amide bonds. The Balaban J connectivity index is 1.83. The Morgan fingerprint density at radius 3 is 2.62 bits per heavy atom. The quantitative estimate of drug-likeness (QED) is 0.675. The van der Waals surface area contributed by atoms with Crippen molar-refractivity contribution in [3.05, 3.63) is 76.2 Å². The van der Waals surface area contributed by atoms with Crippen molar-refractivity contribution in [1.82, 2.24) is 14.3 Å². The van der Waals surface area contributed by atoms with E-state index in [9.17, 15) is 8.42 Å². The van der Waals surface area contributed by atoms with E-state index >= 15 is 0 Å². The molecule has 3 aromatic rings. The Morgan fingerprint density at radius 2 is 1.92 bits per heavy atom. The maximum atomic E-state index is 12.5. The molecule has 0 fully saturated rings. The summed E-state index contributed by atoms with van der Waals surface area (Å²) < 4.78 is 30.0. The molecule has 0 bridgehead atoms. The smallest absolute Gasteiger partial charge is 0.242 e. The highest BCUT2D eigenvalue weighted by Gasteiger charge is 2.19. The molecule has 0 saturated heterocycles. The Labute approximate surface area is 153 Å². The van der Waals surface area contributed by atoms with Crippen molar-refractivity contribution in [3.63, 3.8) is 0 Å². The summed E-state index contributed by atoms with van der Waals surface area (Å²) in [6.07, 6.45) is 3.41. The lowest BCUT2D eigenvalue weighted by Crippen LogP contribution is -2.25.